The van der Waals surface area contributed by atoms with E-state index in [4.69, 9.17) is 0 Å². The van der Waals surface area contributed by atoms with Crippen molar-refractivity contribution >= 4 is 55.8 Å². The first-order valence-electron chi connectivity index (χ1n) is 7.22. The lowest BCUT2D eigenvalue weighted by Gasteiger charge is -2.16. The normalized spacial score (nSPS) is 12.2. The maximum Gasteiger partial charge on any atom is 0.230 e. The first kappa shape index (κ1) is 18.2. The van der Waals surface area contributed by atoms with E-state index in [2.05, 4.69) is 50.6 Å². The predicted molar refractivity (Wildman–Crippen MR) is 101 cm³/mol. The van der Waals surface area contributed by atoms with E-state index < -0.39 is 0 Å². The molecule has 1 heterocycles. The molecular formula is C15H19BrN4OS2. The summed E-state index contributed by atoms with van der Waals surface area (Å²) in [7, 11) is 0. The Kier molecular flexibility index (Phi) is 6.86. The van der Waals surface area contributed by atoms with E-state index in [1.807, 2.05) is 31.2 Å². The molecule has 0 spiro atoms. The highest BCUT2D eigenvalue weighted by atomic mass is 79.9. The van der Waals surface area contributed by atoms with Gasteiger partial charge in [-0.3, -0.25) is 4.79 Å². The number of amides is 1. The molecule has 1 aromatic heterocycles. The zero-order valence-electron chi connectivity index (χ0n) is 13.2. The standard InChI is InChI=1S/C15H19BrN4OS2/c1-9(2)10(3)17-13(21)8-22-15-20-19-14(23-15)18-12-6-4-5-11(16)7-12/h4-7,9-10H,8H2,1-3H3,(H,17,21)(H,18,19). The van der Waals surface area contributed by atoms with E-state index in [0.29, 0.717) is 16.8 Å². The number of benzene rings is 1. The Hall–Kier alpha value is -1.12. The van der Waals surface area contributed by atoms with E-state index in [1.54, 1.807) is 0 Å². The minimum atomic E-state index is 0.0212. The molecule has 23 heavy (non-hydrogen) atoms. The summed E-state index contributed by atoms with van der Waals surface area (Å²) >= 11 is 6.27. The van der Waals surface area contributed by atoms with Crippen LogP contribution in [0.2, 0.25) is 0 Å². The fourth-order valence-corrected chi connectivity index (χ4v) is 3.58. The average Bonchev–Trinajstić information content (AvgIpc) is 2.92. The summed E-state index contributed by atoms with van der Waals surface area (Å²) in [5.41, 5.74) is 0.940. The van der Waals surface area contributed by atoms with E-state index in [1.165, 1.54) is 23.1 Å². The third-order valence-corrected chi connectivity index (χ3v) is 5.66. The second-order valence-electron chi connectivity index (χ2n) is 5.40. The first-order chi connectivity index (χ1) is 10.9. The Morgan fingerprint density at radius 1 is 1.35 bits per heavy atom. The average molecular weight is 415 g/mol. The highest BCUT2D eigenvalue weighted by molar-refractivity contribution is 9.10. The number of aromatic nitrogens is 2. The SMILES string of the molecule is CC(C)C(C)NC(=O)CSc1nnc(Nc2cccc(Br)c2)s1. The molecule has 124 valence electrons. The minimum absolute atomic E-state index is 0.0212. The van der Waals surface area contributed by atoms with Gasteiger partial charge in [0.1, 0.15) is 0 Å². The molecule has 1 atom stereocenters. The van der Waals surface area contributed by atoms with Crippen LogP contribution in [0.4, 0.5) is 10.8 Å². The Morgan fingerprint density at radius 2 is 2.13 bits per heavy atom. The maximum atomic E-state index is 11.9. The van der Waals surface area contributed by atoms with Crippen molar-refractivity contribution in [3.8, 4) is 0 Å². The Balaban J connectivity index is 1.84. The molecule has 2 aromatic rings. The summed E-state index contributed by atoms with van der Waals surface area (Å²) in [6.45, 7) is 6.18. The van der Waals surface area contributed by atoms with Gasteiger partial charge in [-0.2, -0.15) is 0 Å². The van der Waals surface area contributed by atoms with Gasteiger partial charge in [0.25, 0.3) is 0 Å². The molecule has 0 saturated heterocycles. The molecule has 8 heteroatoms. The van der Waals surface area contributed by atoms with Crippen molar-refractivity contribution in [2.45, 2.75) is 31.2 Å². The summed E-state index contributed by atoms with van der Waals surface area (Å²) in [5, 5.41) is 15.1. The summed E-state index contributed by atoms with van der Waals surface area (Å²) in [4.78, 5) is 11.9. The van der Waals surface area contributed by atoms with Crippen LogP contribution in [0.5, 0.6) is 0 Å². The first-order valence-corrected chi connectivity index (χ1v) is 9.82. The van der Waals surface area contributed by atoms with Crippen molar-refractivity contribution in [2.24, 2.45) is 5.92 Å². The van der Waals surface area contributed by atoms with Gasteiger partial charge in [0.2, 0.25) is 11.0 Å². The molecule has 0 aliphatic carbocycles. The number of nitrogens with zero attached hydrogens (tertiary/aromatic N) is 2. The Morgan fingerprint density at radius 3 is 2.83 bits per heavy atom. The number of nitrogens with one attached hydrogen (secondary N) is 2. The number of anilines is 2. The molecule has 2 rings (SSSR count). The second kappa shape index (κ2) is 8.65. The molecule has 2 N–H and O–H groups in total. The largest absolute Gasteiger partial charge is 0.353 e. The van der Waals surface area contributed by atoms with Crippen LogP contribution in [0, 0.1) is 5.92 Å². The molecule has 5 nitrogen and oxygen atoms in total. The van der Waals surface area contributed by atoms with Crippen molar-refractivity contribution in [1.29, 1.82) is 0 Å². The number of carbonyl (C=O) groups excluding carboxylic acids is 1. The third kappa shape index (κ3) is 6.12. The summed E-state index contributed by atoms with van der Waals surface area (Å²) in [6, 6.07) is 8.01. The van der Waals surface area contributed by atoms with Crippen LogP contribution in [0.25, 0.3) is 0 Å². The minimum Gasteiger partial charge on any atom is -0.353 e. The van der Waals surface area contributed by atoms with Crippen LogP contribution in [0.3, 0.4) is 0 Å². The van der Waals surface area contributed by atoms with Gasteiger partial charge in [-0.05, 0) is 31.0 Å². The van der Waals surface area contributed by atoms with Crippen LogP contribution in [-0.4, -0.2) is 27.9 Å². The monoisotopic (exact) mass is 414 g/mol. The summed E-state index contributed by atoms with van der Waals surface area (Å²) < 4.78 is 1.77. The van der Waals surface area contributed by atoms with Gasteiger partial charge in [-0.1, -0.05) is 58.9 Å². The quantitative estimate of drug-likeness (QED) is 0.661. The van der Waals surface area contributed by atoms with Crippen LogP contribution < -0.4 is 10.6 Å². The highest BCUT2D eigenvalue weighted by Crippen LogP contribution is 2.28. The lowest BCUT2D eigenvalue weighted by Crippen LogP contribution is -2.37. The molecule has 0 fully saturated rings. The number of rotatable bonds is 7. The smallest absolute Gasteiger partial charge is 0.230 e. The van der Waals surface area contributed by atoms with Crippen LogP contribution in [0.1, 0.15) is 20.8 Å². The molecule has 0 bridgehead atoms. The van der Waals surface area contributed by atoms with Crippen molar-refractivity contribution in [1.82, 2.24) is 15.5 Å². The van der Waals surface area contributed by atoms with Gasteiger partial charge in [-0.25, -0.2) is 0 Å². The number of carbonyl (C=O) groups is 1. The number of hydrogen-bond donors (Lipinski definition) is 2. The van der Waals surface area contributed by atoms with E-state index >= 15 is 0 Å². The highest BCUT2D eigenvalue weighted by Gasteiger charge is 2.12. The number of halogens is 1. The fraction of sp³-hybridized carbons (Fsp3) is 0.400. The lowest BCUT2D eigenvalue weighted by atomic mass is 10.1. The lowest BCUT2D eigenvalue weighted by molar-refractivity contribution is -0.119. The van der Waals surface area contributed by atoms with Crippen molar-refractivity contribution in [3.63, 3.8) is 0 Å². The van der Waals surface area contributed by atoms with E-state index in [9.17, 15) is 4.79 Å². The van der Waals surface area contributed by atoms with E-state index in [0.717, 1.165) is 14.5 Å². The van der Waals surface area contributed by atoms with Crippen molar-refractivity contribution in [3.05, 3.63) is 28.7 Å². The maximum absolute atomic E-state index is 11.9. The van der Waals surface area contributed by atoms with Crippen LogP contribution in [0.15, 0.2) is 33.1 Å². The van der Waals surface area contributed by atoms with Gasteiger partial charge in [0.15, 0.2) is 4.34 Å². The number of thioether (sulfide) groups is 1. The van der Waals surface area contributed by atoms with Gasteiger partial charge < -0.3 is 10.6 Å². The van der Waals surface area contributed by atoms with Gasteiger partial charge in [0, 0.05) is 16.2 Å². The molecule has 0 saturated carbocycles. The molecular weight excluding hydrogens is 396 g/mol. The topological polar surface area (TPSA) is 66.9 Å². The second-order valence-corrected chi connectivity index (χ2v) is 8.51. The van der Waals surface area contributed by atoms with Gasteiger partial charge in [0.05, 0.1) is 5.75 Å². The molecule has 1 aromatic carbocycles. The summed E-state index contributed by atoms with van der Waals surface area (Å²) in [5.74, 6) is 0.794. The number of hydrogen-bond acceptors (Lipinski definition) is 6. The molecule has 0 aliphatic rings. The Bertz CT molecular complexity index is 662. The van der Waals surface area contributed by atoms with Gasteiger partial charge >= 0.3 is 0 Å². The Labute approximate surface area is 152 Å². The van der Waals surface area contributed by atoms with Gasteiger partial charge in [-0.15, -0.1) is 10.2 Å². The summed E-state index contributed by atoms with van der Waals surface area (Å²) in [6.07, 6.45) is 0. The van der Waals surface area contributed by atoms with Crippen LogP contribution in [-0.2, 0) is 4.79 Å². The molecule has 1 unspecified atom stereocenters. The zero-order chi connectivity index (χ0) is 16.8. The third-order valence-electron chi connectivity index (χ3n) is 3.20. The molecule has 1 amide bonds. The predicted octanol–water partition coefficient (Wildman–Crippen LogP) is 4.30. The van der Waals surface area contributed by atoms with E-state index in [-0.39, 0.29) is 11.9 Å². The zero-order valence-corrected chi connectivity index (χ0v) is 16.4. The molecule has 0 radical (unpaired) electrons. The molecule has 0 aliphatic heterocycles. The fourth-order valence-electron chi connectivity index (χ4n) is 1.60. The van der Waals surface area contributed by atoms with Crippen molar-refractivity contribution in [2.75, 3.05) is 11.1 Å². The van der Waals surface area contributed by atoms with Crippen LogP contribution >= 0.6 is 39.0 Å². The van der Waals surface area contributed by atoms with Crippen molar-refractivity contribution < 1.29 is 4.79 Å².